The molecule has 1 N–H and O–H groups in total. The third-order valence-corrected chi connectivity index (χ3v) is 23.5. The number of hydrogen-bond donors (Lipinski definition) is 5. The van der Waals surface area contributed by atoms with Gasteiger partial charge in [0, 0.05) is 222 Å². The summed E-state index contributed by atoms with van der Waals surface area (Å²) >= 11 is 27.7. The predicted molar refractivity (Wildman–Crippen MR) is 429 cm³/mol. The number of amides is 5. The first-order valence-electron chi connectivity index (χ1n) is 37.9. The third kappa shape index (κ3) is 37.9. The van der Waals surface area contributed by atoms with Crippen molar-refractivity contribution in [3.05, 3.63) is 0 Å². The molecule has 0 aromatic rings. The highest BCUT2D eigenvalue weighted by Gasteiger charge is 2.39. The van der Waals surface area contributed by atoms with E-state index in [0.29, 0.717) is 185 Å². The summed E-state index contributed by atoms with van der Waals surface area (Å²) in [5.74, 6) is 4.97. The Morgan fingerprint density at radius 1 is 0.324 bits per heavy atom. The summed E-state index contributed by atoms with van der Waals surface area (Å²) in [6.45, 7) is 36.2. The van der Waals surface area contributed by atoms with Crippen molar-refractivity contribution in [2.24, 2.45) is 10.8 Å². The smallest absolute Gasteiger partial charge is 0.409 e. The highest BCUT2D eigenvalue weighted by Crippen LogP contribution is 2.35. The van der Waals surface area contributed by atoms with E-state index in [4.69, 9.17) is 112 Å². The van der Waals surface area contributed by atoms with Crippen molar-refractivity contribution in [2.75, 3.05) is 319 Å². The molecule has 0 aliphatic carbocycles. The van der Waals surface area contributed by atoms with Crippen LogP contribution in [-0.4, -0.2) is 435 Å². The molecule has 0 aromatic heterocycles. The van der Waals surface area contributed by atoms with Crippen LogP contribution in [0.1, 0.15) is 34.6 Å². The molecule has 0 aromatic carbocycles. The van der Waals surface area contributed by atoms with E-state index in [1.165, 1.54) is 23.0 Å². The van der Waals surface area contributed by atoms with Crippen molar-refractivity contribution in [3.63, 3.8) is 0 Å². The summed E-state index contributed by atoms with van der Waals surface area (Å²) in [4.78, 5) is 78.0. The van der Waals surface area contributed by atoms with E-state index in [1.807, 2.05) is 81.7 Å². The van der Waals surface area contributed by atoms with Crippen molar-refractivity contribution >= 4 is 128 Å². The molecule has 8 unspecified atom stereocenters. The number of carbonyl (C=O) groups excluding carboxylic acids is 5. The van der Waals surface area contributed by atoms with Gasteiger partial charge in [0.25, 0.3) is 0 Å². The number of ether oxygens (including phenoxy) is 13. The summed E-state index contributed by atoms with van der Waals surface area (Å²) < 4.78 is 76.0. The van der Waals surface area contributed by atoms with Gasteiger partial charge in [0.1, 0.15) is 0 Å². The molecule has 0 bridgehead atoms. The lowest BCUT2D eigenvalue weighted by atomic mass is 9.92. The minimum absolute atomic E-state index is 0.0945. The molecule has 28 nitrogen and oxygen atoms in total. The van der Waals surface area contributed by atoms with E-state index < -0.39 is 5.41 Å². The summed E-state index contributed by atoms with van der Waals surface area (Å²) in [7, 11) is 0. The van der Waals surface area contributed by atoms with Gasteiger partial charge in [-0.15, -0.1) is 0 Å². The average Bonchev–Trinajstić information content (AvgIpc) is 1.78. The maximum absolute atomic E-state index is 12.3. The number of rotatable bonds is 45. The fraction of sp³-hybridized carbons (Fsp3) is 0.928. The van der Waals surface area contributed by atoms with Crippen LogP contribution in [0, 0.1) is 10.8 Å². The second-order valence-corrected chi connectivity index (χ2v) is 36.2. The highest BCUT2D eigenvalue weighted by atomic mass is 32.2. The quantitative estimate of drug-likeness (QED) is 0.0310. The summed E-state index contributed by atoms with van der Waals surface area (Å²) in [6.07, 6.45) is -1.30. The Balaban J connectivity index is 0.000000342. The van der Waals surface area contributed by atoms with Gasteiger partial charge in [-0.3, -0.25) is 19.6 Å². The van der Waals surface area contributed by atoms with Gasteiger partial charge in [-0.25, -0.2) is 24.0 Å². The van der Waals surface area contributed by atoms with Crippen LogP contribution in [0.4, 0.5) is 24.0 Å². The van der Waals surface area contributed by atoms with Crippen molar-refractivity contribution in [3.8, 4) is 0 Å². The van der Waals surface area contributed by atoms with Gasteiger partial charge in [-0.2, -0.15) is 97.6 Å². The van der Waals surface area contributed by atoms with Crippen molar-refractivity contribution in [2.45, 2.75) is 76.6 Å². The maximum atomic E-state index is 12.3. The molecular weight excluding hydrogens is 1510 g/mol. The highest BCUT2D eigenvalue weighted by molar-refractivity contribution is 8.07. The third-order valence-electron chi connectivity index (χ3n) is 18.4. The molecule has 0 radical (unpaired) electrons. The molecule has 9 rings (SSSR count). The number of nitrogens with one attached hydrogen (secondary N) is 1. The van der Waals surface area contributed by atoms with Crippen molar-refractivity contribution in [1.82, 2.24) is 49.4 Å². The fourth-order valence-electron chi connectivity index (χ4n) is 12.2. The van der Waals surface area contributed by atoms with Crippen LogP contribution in [-0.2, 0) is 61.6 Å². The molecule has 9 fully saturated rings. The largest absolute Gasteiger partial charge is 0.450 e. The van der Waals surface area contributed by atoms with Crippen LogP contribution in [0.15, 0.2) is 0 Å². The van der Waals surface area contributed by atoms with Crippen LogP contribution in [0.2, 0.25) is 0 Å². The molecule has 36 heteroatoms. The van der Waals surface area contributed by atoms with Crippen molar-refractivity contribution in [1.29, 1.82) is 0 Å². The second kappa shape index (κ2) is 51.4. The number of piperazine rings is 5. The zero-order chi connectivity index (χ0) is 75.1. The van der Waals surface area contributed by atoms with Crippen molar-refractivity contribution < 1.29 is 85.6 Å². The molecule has 9 saturated heterocycles. The normalized spacial score (nSPS) is 23.8. The molecule has 0 spiro atoms. The Labute approximate surface area is 664 Å². The minimum Gasteiger partial charge on any atom is -0.450 e. The van der Waals surface area contributed by atoms with Gasteiger partial charge in [0.2, 0.25) is 0 Å². The number of thiol groups is 4. The Hall–Kier alpha value is -1.37. The summed E-state index contributed by atoms with van der Waals surface area (Å²) in [6, 6.07) is 0. The topological polar surface area (TPSA) is 247 Å². The molecule has 608 valence electrons. The Kier molecular flexibility index (Phi) is 44.4. The summed E-state index contributed by atoms with van der Waals surface area (Å²) in [5, 5.41) is 5.60. The Morgan fingerprint density at radius 3 is 0.705 bits per heavy atom. The zero-order valence-electron chi connectivity index (χ0n) is 63.1. The number of hydrogen-bond acceptors (Lipinski definition) is 31. The molecular formula is C69H126N10O18S8. The molecule has 0 saturated carbocycles. The SMILES string of the molecule is C(OCC(COCC1CS1)(COCC1CS1)COCC1CS1)C1CS1.CCOC(=O)N1CCN(CC(S)COCC(COCC(S)CN2CCN(C(=O)OCC)CC2)(COCC(S)CN2CCN(C(=O)OCC)CC2)COCC(S)CN2CCN(C(=O)OCC)CC2)CC1.CCOC(=O)N1CCNCC1. The van der Waals surface area contributed by atoms with E-state index in [2.05, 4.69) is 24.9 Å². The summed E-state index contributed by atoms with van der Waals surface area (Å²) in [5.41, 5.74) is -0.896. The predicted octanol–water partition coefficient (Wildman–Crippen LogP) is 4.88. The molecule has 8 atom stereocenters. The van der Waals surface area contributed by atoms with E-state index >= 15 is 0 Å². The van der Waals surface area contributed by atoms with Gasteiger partial charge in [0.15, 0.2) is 0 Å². The first-order chi connectivity index (χ1) is 50.9. The molecule has 9 heterocycles. The van der Waals surface area contributed by atoms with Crippen LogP contribution in [0.25, 0.3) is 0 Å². The fourth-order valence-corrected chi connectivity index (χ4v) is 15.3. The first-order valence-corrected chi connectivity index (χ1v) is 44.2. The number of carbonyl (C=O) groups is 5. The average molecular weight is 1640 g/mol. The monoisotopic (exact) mass is 1640 g/mol. The van der Waals surface area contributed by atoms with Gasteiger partial charge in [-0.05, 0) is 34.6 Å². The van der Waals surface area contributed by atoms with E-state index in [9.17, 15) is 24.0 Å². The molecule has 9 aliphatic rings. The second-order valence-electron chi connectivity index (χ2n) is 27.9. The maximum Gasteiger partial charge on any atom is 0.409 e. The standard InChI is InChI=1S/C45H84N8O12S4.C17H28O4S4.C7H14N2O2/c1-5-62-41(54)50-17-9-46(10-18-50)25-37(66)29-58-33-45(34-59-30-38(67)26-47-11-19-51(20-12-47)42(55)63-6-2,35-60-31-39(68)27-48-13-21-52(22-14-48)43(56)64-7-3)36-61-32-40(69)28-49-15-23-53(24-16-49)44(57)65-8-4;1(13-5-22-13)18-9-17(10-19-2-14-6-23-14,11-20-3-15-7-24-15)12-21-4-16-8-25-16;1-2-11-7(10)9-5-3-8-4-6-9/h37-40,66-69H,5-36H2,1-4H3;13-16H,1-12H2;8H,2-6H2,1H3. The van der Waals surface area contributed by atoms with Gasteiger partial charge < -0.3 is 91.4 Å². The van der Waals surface area contributed by atoms with Crippen LogP contribution in [0.3, 0.4) is 0 Å². The number of nitrogens with zero attached hydrogens (tertiary/aromatic N) is 9. The molecule has 9 aliphatic heterocycles. The van der Waals surface area contributed by atoms with Crippen LogP contribution >= 0.6 is 97.6 Å². The first kappa shape index (κ1) is 90.8. The van der Waals surface area contributed by atoms with Gasteiger partial charge in [-0.1, -0.05) is 0 Å². The molecule has 5 amide bonds. The minimum atomic E-state index is -0.727. The van der Waals surface area contributed by atoms with E-state index in [1.54, 1.807) is 24.5 Å². The van der Waals surface area contributed by atoms with Gasteiger partial charge >= 0.3 is 30.5 Å². The van der Waals surface area contributed by atoms with Gasteiger partial charge in [0.05, 0.1) is 150 Å². The number of thioether (sulfide) groups is 4. The Bertz CT molecular complexity index is 2130. The molecule has 105 heavy (non-hydrogen) atoms. The Morgan fingerprint density at radius 2 is 0.514 bits per heavy atom. The van der Waals surface area contributed by atoms with Crippen LogP contribution < -0.4 is 5.32 Å². The lowest BCUT2D eigenvalue weighted by molar-refractivity contribution is -0.107. The lowest BCUT2D eigenvalue weighted by Gasteiger charge is -2.37. The van der Waals surface area contributed by atoms with E-state index in [0.717, 1.165) is 105 Å². The lowest BCUT2D eigenvalue weighted by Crippen LogP contribution is -2.51. The van der Waals surface area contributed by atoms with E-state index in [-0.39, 0.29) is 83.3 Å². The zero-order valence-corrected chi connectivity index (χ0v) is 69.9. The van der Waals surface area contributed by atoms with Crippen LogP contribution in [0.5, 0.6) is 0 Å².